The largest absolute Gasteiger partial charge is 0.472 e. The molecule has 35 heavy (non-hydrogen) atoms. The van der Waals surface area contributed by atoms with Crippen LogP contribution in [0.5, 0.6) is 0 Å². The molecule has 0 amide bonds. The molecule has 2 aliphatic carbocycles. The van der Waals surface area contributed by atoms with Crippen molar-refractivity contribution in [2.45, 2.75) is 77.3 Å². The quantitative estimate of drug-likeness (QED) is 0.350. The average molecular weight is 484 g/mol. The van der Waals surface area contributed by atoms with Gasteiger partial charge >= 0.3 is 11.9 Å². The minimum atomic E-state index is -0.819. The van der Waals surface area contributed by atoms with Crippen LogP contribution in [-0.2, 0) is 28.6 Å². The highest BCUT2D eigenvalue weighted by Crippen LogP contribution is 2.78. The van der Waals surface area contributed by atoms with Crippen LogP contribution in [0.1, 0.15) is 65.5 Å². The summed E-state index contributed by atoms with van der Waals surface area (Å²) in [6, 6.07) is 1.86. The first-order valence-electron chi connectivity index (χ1n) is 12.4. The fraction of sp³-hybridized carbons (Fsp3) is 0.667. The van der Waals surface area contributed by atoms with Gasteiger partial charge in [-0.3, -0.25) is 0 Å². The highest BCUT2D eigenvalue weighted by molar-refractivity contribution is 5.96. The smallest absolute Gasteiger partial charge is 0.339 e. The molecule has 2 saturated carbocycles. The zero-order chi connectivity index (χ0) is 25.0. The Morgan fingerprint density at radius 3 is 2.54 bits per heavy atom. The number of hydrogen-bond acceptors (Lipinski definition) is 8. The SMILES string of the molecule is CO/N=C1\C[C@H]2C(C)(C)OC(=O)C=C[C@]2(C)[C@H]2CC[C@@]3(C)[C@@H](c4ccoc4)OC(=O)[C@H]4O[C@]43[C@]12C. The van der Waals surface area contributed by atoms with Crippen LogP contribution in [0.25, 0.3) is 0 Å². The maximum absolute atomic E-state index is 13.3. The highest BCUT2D eigenvalue weighted by Gasteiger charge is 2.87. The van der Waals surface area contributed by atoms with E-state index in [0.29, 0.717) is 6.42 Å². The summed E-state index contributed by atoms with van der Waals surface area (Å²) in [5.41, 5.74) is -1.39. The second-order valence-corrected chi connectivity index (χ2v) is 12.0. The fourth-order valence-corrected chi connectivity index (χ4v) is 8.76. The van der Waals surface area contributed by atoms with Crippen LogP contribution in [0.2, 0.25) is 0 Å². The lowest BCUT2D eigenvalue weighted by Gasteiger charge is -2.65. The molecule has 1 aromatic rings. The third-order valence-corrected chi connectivity index (χ3v) is 10.2. The number of hydrogen-bond donors (Lipinski definition) is 0. The van der Waals surface area contributed by atoms with Gasteiger partial charge in [-0.15, -0.1) is 0 Å². The van der Waals surface area contributed by atoms with Gasteiger partial charge in [0.2, 0.25) is 0 Å². The van der Waals surface area contributed by atoms with E-state index in [1.165, 1.54) is 0 Å². The third-order valence-electron chi connectivity index (χ3n) is 10.2. The van der Waals surface area contributed by atoms with E-state index in [2.05, 4.69) is 25.9 Å². The van der Waals surface area contributed by atoms with Crippen LogP contribution in [-0.4, -0.2) is 42.1 Å². The molecule has 0 radical (unpaired) electrons. The second kappa shape index (κ2) is 6.78. The maximum Gasteiger partial charge on any atom is 0.339 e. The third kappa shape index (κ3) is 2.54. The molecule has 4 fully saturated rings. The number of ether oxygens (including phenoxy) is 3. The minimum absolute atomic E-state index is 0.0251. The Kier molecular flexibility index (Phi) is 4.42. The van der Waals surface area contributed by atoms with Gasteiger partial charge in [-0.05, 0) is 50.5 Å². The van der Waals surface area contributed by atoms with Gasteiger partial charge in [-0.1, -0.05) is 32.0 Å². The number of furan rings is 1. The number of nitrogens with zero attached hydrogens (tertiary/aromatic N) is 1. The predicted octanol–water partition coefficient (Wildman–Crippen LogP) is 4.36. The summed E-state index contributed by atoms with van der Waals surface area (Å²) >= 11 is 0. The monoisotopic (exact) mass is 483 g/mol. The van der Waals surface area contributed by atoms with Gasteiger partial charge in [0, 0.05) is 28.4 Å². The first-order chi connectivity index (χ1) is 16.5. The molecule has 6 rings (SSSR count). The molecule has 0 bridgehead atoms. The molecule has 0 N–H and O–H groups in total. The van der Waals surface area contributed by atoms with E-state index in [-0.39, 0.29) is 23.8 Å². The number of cyclic esters (lactones) is 2. The molecular formula is C27H33NO7. The zero-order valence-electron chi connectivity index (χ0n) is 21.1. The maximum atomic E-state index is 13.3. The standard InChI is InChI=1S/C27H33NO7/c1-23(2)17-13-18(28-31-6)26(5)16(24(17,3)10-8-19(29)34-23)7-11-25(4)20(15-9-12-32-14-15)33-22(30)21-27(25,26)35-21/h8-10,12,14,16-17,20-21H,7,11,13H2,1-6H3/b28-18+/t16-,17+,20-,21-,24-,25+,26+,27-/m1/s1. The van der Waals surface area contributed by atoms with Crippen molar-refractivity contribution in [2.75, 3.05) is 7.11 Å². The van der Waals surface area contributed by atoms with E-state index in [9.17, 15) is 9.59 Å². The van der Waals surface area contributed by atoms with Gasteiger partial charge < -0.3 is 23.5 Å². The minimum Gasteiger partial charge on any atom is -0.472 e. The topological polar surface area (TPSA) is 99.9 Å². The van der Waals surface area contributed by atoms with Gasteiger partial charge in [0.05, 0.1) is 18.2 Å². The summed E-state index contributed by atoms with van der Waals surface area (Å²) in [6.07, 6.45) is 7.85. The van der Waals surface area contributed by atoms with Crippen molar-refractivity contribution in [3.05, 3.63) is 36.3 Å². The van der Waals surface area contributed by atoms with Crippen LogP contribution in [0.15, 0.2) is 40.3 Å². The summed E-state index contributed by atoms with van der Waals surface area (Å²) in [4.78, 5) is 31.2. The van der Waals surface area contributed by atoms with E-state index in [1.54, 1.807) is 25.7 Å². The summed E-state index contributed by atoms with van der Waals surface area (Å²) < 4.78 is 23.8. The van der Waals surface area contributed by atoms with Gasteiger partial charge in [-0.2, -0.15) is 0 Å². The van der Waals surface area contributed by atoms with E-state index < -0.39 is 39.7 Å². The average Bonchev–Trinajstić information content (AvgIpc) is 3.38. The molecule has 3 aliphatic heterocycles. The van der Waals surface area contributed by atoms with E-state index in [0.717, 1.165) is 24.1 Å². The summed E-state index contributed by atoms with van der Waals surface area (Å²) in [5, 5.41) is 4.59. The summed E-state index contributed by atoms with van der Waals surface area (Å²) in [7, 11) is 1.55. The number of oxime groups is 1. The molecule has 1 aromatic heterocycles. The molecule has 8 heteroatoms. The molecule has 8 nitrogen and oxygen atoms in total. The number of epoxide rings is 1. The van der Waals surface area contributed by atoms with E-state index >= 15 is 0 Å². The Morgan fingerprint density at radius 2 is 1.86 bits per heavy atom. The van der Waals surface area contributed by atoms with Crippen molar-refractivity contribution in [3.63, 3.8) is 0 Å². The van der Waals surface area contributed by atoms with Crippen molar-refractivity contribution in [1.82, 2.24) is 0 Å². The molecule has 2 saturated heterocycles. The number of allylic oxidation sites excluding steroid dienone is 1. The molecule has 4 heterocycles. The lowest BCUT2D eigenvalue weighted by Crippen LogP contribution is -2.71. The lowest BCUT2D eigenvalue weighted by molar-refractivity contribution is -0.196. The molecule has 188 valence electrons. The predicted molar refractivity (Wildman–Crippen MR) is 124 cm³/mol. The van der Waals surface area contributed by atoms with Gasteiger partial charge in [0.1, 0.15) is 24.4 Å². The molecule has 1 spiro atoms. The Hall–Kier alpha value is -2.61. The van der Waals surface area contributed by atoms with Crippen LogP contribution in [0.3, 0.4) is 0 Å². The number of carbonyl (C=O) groups excluding carboxylic acids is 2. The van der Waals surface area contributed by atoms with Crippen molar-refractivity contribution in [2.24, 2.45) is 33.2 Å². The van der Waals surface area contributed by atoms with Gasteiger partial charge in [0.15, 0.2) is 6.10 Å². The first-order valence-corrected chi connectivity index (χ1v) is 12.4. The lowest BCUT2D eigenvalue weighted by atomic mass is 9.37. The molecule has 0 unspecified atom stereocenters. The van der Waals surface area contributed by atoms with E-state index in [4.69, 9.17) is 23.5 Å². The number of carbonyl (C=O) groups is 2. The molecule has 8 atom stereocenters. The molecule has 0 aromatic carbocycles. The Balaban J connectivity index is 1.57. The van der Waals surface area contributed by atoms with Crippen molar-refractivity contribution >= 4 is 17.7 Å². The number of fused-ring (bicyclic) bond motifs is 3. The highest BCUT2D eigenvalue weighted by atomic mass is 16.7. The van der Waals surface area contributed by atoms with Gasteiger partial charge in [-0.25, -0.2) is 9.59 Å². The van der Waals surface area contributed by atoms with Crippen LogP contribution < -0.4 is 0 Å². The van der Waals surface area contributed by atoms with Crippen LogP contribution >= 0.6 is 0 Å². The number of esters is 2. The summed E-state index contributed by atoms with van der Waals surface area (Å²) in [5.74, 6) is -0.683. The normalized spacial score (nSPS) is 48.5. The van der Waals surface area contributed by atoms with Crippen molar-refractivity contribution in [3.8, 4) is 0 Å². The number of rotatable bonds is 2. The summed E-state index contributed by atoms with van der Waals surface area (Å²) in [6.45, 7) is 10.5. The fourth-order valence-electron chi connectivity index (χ4n) is 8.76. The Bertz CT molecular complexity index is 1150. The molecule has 5 aliphatic rings. The first kappa shape index (κ1) is 22.8. The van der Waals surface area contributed by atoms with E-state index in [1.807, 2.05) is 26.0 Å². The molecular weight excluding hydrogens is 450 g/mol. The second-order valence-electron chi connectivity index (χ2n) is 12.0. The zero-order valence-corrected chi connectivity index (χ0v) is 21.1. The van der Waals surface area contributed by atoms with Gasteiger partial charge in [0.25, 0.3) is 0 Å². The van der Waals surface area contributed by atoms with Crippen LogP contribution in [0.4, 0.5) is 0 Å². The Labute approximate surface area is 205 Å². The van der Waals surface area contributed by atoms with Crippen LogP contribution in [0, 0.1) is 28.1 Å². The van der Waals surface area contributed by atoms with Crippen molar-refractivity contribution < 1.29 is 33.1 Å². The van der Waals surface area contributed by atoms with Crippen molar-refractivity contribution in [1.29, 1.82) is 0 Å². The Morgan fingerprint density at radius 1 is 1.09 bits per heavy atom.